The second-order valence-corrected chi connectivity index (χ2v) is 3.69. The quantitative estimate of drug-likeness (QED) is 0.485. The molecular weight excluding hydrogens is 162 g/mol. The van der Waals surface area contributed by atoms with Crippen LogP contribution in [0.15, 0.2) is 11.8 Å². The molecule has 0 heterocycles. The third-order valence-electron chi connectivity index (χ3n) is 1.86. The lowest BCUT2D eigenvalue weighted by molar-refractivity contribution is -0.104. The highest BCUT2D eigenvalue weighted by Crippen LogP contribution is 2.02. The molecule has 2 heteroatoms. The van der Waals surface area contributed by atoms with Crippen LogP contribution in [0.3, 0.4) is 0 Å². The van der Waals surface area contributed by atoms with Gasteiger partial charge in [0.2, 0.25) is 0 Å². The molecular formula is C11H21NO. The zero-order valence-corrected chi connectivity index (χ0v) is 8.97. The van der Waals surface area contributed by atoms with Crippen molar-refractivity contribution < 1.29 is 4.79 Å². The Hall–Kier alpha value is -0.790. The second-order valence-electron chi connectivity index (χ2n) is 3.69. The predicted molar refractivity (Wildman–Crippen MR) is 56.5 cm³/mol. The van der Waals surface area contributed by atoms with Crippen LogP contribution in [0.1, 0.15) is 40.0 Å². The van der Waals surface area contributed by atoms with Crippen LogP contribution in [-0.2, 0) is 4.79 Å². The molecule has 0 fully saturated rings. The van der Waals surface area contributed by atoms with Gasteiger partial charge in [0.1, 0.15) is 6.29 Å². The third kappa shape index (κ3) is 7.57. The van der Waals surface area contributed by atoms with Gasteiger partial charge >= 0.3 is 0 Å². The van der Waals surface area contributed by atoms with Crippen molar-refractivity contribution in [3.8, 4) is 0 Å². The van der Waals surface area contributed by atoms with E-state index in [9.17, 15) is 4.79 Å². The number of nitrogens with one attached hydrogen (secondary N) is 1. The Morgan fingerprint density at radius 2 is 2.15 bits per heavy atom. The first-order valence-corrected chi connectivity index (χ1v) is 5.08. The minimum atomic E-state index is 0.714. The zero-order chi connectivity index (χ0) is 10.1. The lowest BCUT2D eigenvalue weighted by Crippen LogP contribution is -2.16. The average Bonchev–Trinajstić information content (AvgIpc) is 2.04. The molecule has 0 aromatic rings. The molecule has 0 aliphatic carbocycles. The Labute approximate surface area is 81.4 Å². The Kier molecular flexibility index (Phi) is 7.36. The maximum atomic E-state index is 10.3. The first-order valence-electron chi connectivity index (χ1n) is 5.08. The van der Waals surface area contributed by atoms with Gasteiger partial charge in [-0.15, -0.1) is 0 Å². The van der Waals surface area contributed by atoms with E-state index in [4.69, 9.17) is 0 Å². The Balaban J connectivity index is 3.69. The highest BCUT2D eigenvalue weighted by molar-refractivity contribution is 5.65. The van der Waals surface area contributed by atoms with Crippen LogP contribution in [0.25, 0.3) is 0 Å². The van der Waals surface area contributed by atoms with Crippen LogP contribution in [0.2, 0.25) is 0 Å². The molecule has 0 aromatic carbocycles. The molecule has 0 bridgehead atoms. The number of rotatable bonds is 7. The third-order valence-corrected chi connectivity index (χ3v) is 1.86. The molecule has 76 valence electrons. The minimum Gasteiger partial charge on any atom is -0.388 e. The van der Waals surface area contributed by atoms with Crippen molar-refractivity contribution >= 4 is 6.29 Å². The predicted octanol–water partition coefficient (Wildman–Crippen LogP) is 2.51. The smallest absolute Gasteiger partial charge is 0.144 e. The van der Waals surface area contributed by atoms with Gasteiger partial charge in [-0.1, -0.05) is 27.2 Å². The van der Waals surface area contributed by atoms with Gasteiger partial charge in [-0.25, -0.2) is 0 Å². The van der Waals surface area contributed by atoms with Gasteiger partial charge in [0.25, 0.3) is 0 Å². The number of hydrogen-bond donors (Lipinski definition) is 1. The van der Waals surface area contributed by atoms with Gasteiger partial charge in [0.15, 0.2) is 0 Å². The molecule has 0 aromatic heterocycles. The number of hydrogen-bond acceptors (Lipinski definition) is 2. The summed E-state index contributed by atoms with van der Waals surface area (Å²) in [7, 11) is 0. The van der Waals surface area contributed by atoms with Crippen molar-refractivity contribution in [2.75, 3.05) is 6.54 Å². The maximum Gasteiger partial charge on any atom is 0.144 e. The normalized spacial score (nSPS) is 11.8. The summed E-state index contributed by atoms with van der Waals surface area (Å²) in [5, 5.41) is 3.28. The molecule has 1 N–H and O–H groups in total. The highest BCUT2D eigenvalue weighted by atomic mass is 16.1. The summed E-state index contributed by atoms with van der Waals surface area (Å²) in [4.78, 5) is 10.3. The van der Waals surface area contributed by atoms with Crippen LogP contribution in [0.5, 0.6) is 0 Å². The molecule has 0 saturated heterocycles. The molecule has 2 nitrogen and oxygen atoms in total. The fourth-order valence-corrected chi connectivity index (χ4v) is 1.10. The fraction of sp³-hybridized carbons (Fsp3) is 0.727. The number of aldehydes is 1. The molecule has 0 radical (unpaired) electrons. The van der Waals surface area contributed by atoms with E-state index in [2.05, 4.69) is 26.1 Å². The van der Waals surface area contributed by atoms with Crippen molar-refractivity contribution in [2.45, 2.75) is 40.0 Å². The van der Waals surface area contributed by atoms with Crippen molar-refractivity contribution in [3.63, 3.8) is 0 Å². The van der Waals surface area contributed by atoms with E-state index in [1.54, 1.807) is 6.08 Å². The molecule has 0 aliphatic heterocycles. The molecule has 0 aliphatic rings. The summed E-state index contributed by atoms with van der Waals surface area (Å²) in [5.74, 6) is 0.714. The van der Waals surface area contributed by atoms with Crippen LogP contribution in [0.4, 0.5) is 0 Å². The largest absolute Gasteiger partial charge is 0.388 e. The van der Waals surface area contributed by atoms with Crippen LogP contribution in [-0.4, -0.2) is 12.8 Å². The summed E-state index contributed by atoms with van der Waals surface area (Å²) >= 11 is 0. The number of allylic oxidation sites excluding steroid dienone is 2. The molecule has 0 amide bonds. The van der Waals surface area contributed by atoms with Crippen molar-refractivity contribution in [3.05, 3.63) is 11.8 Å². The molecule has 0 spiro atoms. The van der Waals surface area contributed by atoms with E-state index in [0.717, 1.165) is 37.8 Å². The van der Waals surface area contributed by atoms with E-state index in [0.29, 0.717) is 5.92 Å². The molecule has 0 atom stereocenters. The van der Waals surface area contributed by atoms with Crippen molar-refractivity contribution in [1.82, 2.24) is 5.32 Å². The summed E-state index contributed by atoms with van der Waals surface area (Å²) in [6.07, 6.45) is 5.68. The summed E-state index contributed by atoms with van der Waals surface area (Å²) in [6, 6.07) is 0. The van der Waals surface area contributed by atoms with Gasteiger partial charge < -0.3 is 5.32 Å². The highest BCUT2D eigenvalue weighted by Gasteiger charge is 1.96. The van der Waals surface area contributed by atoms with Gasteiger partial charge in [-0.3, -0.25) is 4.79 Å². The first kappa shape index (κ1) is 12.2. The van der Waals surface area contributed by atoms with Crippen LogP contribution < -0.4 is 5.32 Å². The number of carbonyl (C=O) groups is 1. The SMILES string of the molecule is CCC/C(=C/C=O)NCCC(C)C. The molecule has 13 heavy (non-hydrogen) atoms. The van der Waals surface area contributed by atoms with Crippen LogP contribution >= 0.6 is 0 Å². The van der Waals surface area contributed by atoms with Gasteiger partial charge in [0, 0.05) is 12.2 Å². The van der Waals surface area contributed by atoms with E-state index in [-0.39, 0.29) is 0 Å². The van der Waals surface area contributed by atoms with Crippen molar-refractivity contribution in [2.24, 2.45) is 5.92 Å². The summed E-state index contributed by atoms with van der Waals surface area (Å²) < 4.78 is 0. The Bertz CT molecular complexity index is 161. The van der Waals surface area contributed by atoms with E-state index >= 15 is 0 Å². The second kappa shape index (κ2) is 7.84. The lowest BCUT2D eigenvalue weighted by Gasteiger charge is -2.10. The van der Waals surface area contributed by atoms with Gasteiger partial charge in [-0.05, 0) is 24.8 Å². The first-order chi connectivity index (χ1) is 6.20. The average molecular weight is 183 g/mol. The topological polar surface area (TPSA) is 29.1 Å². The molecule has 0 saturated carbocycles. The molecule has 0 rings (SSSR count). The van der Waals surface area contributed by atoms with Crippen LogP contribution in [0, 0.1) is 5.92 Å². The maximum absolute atomic E-state index is 10.3. The zero-order valence-electron chi connectivity index (χ0n) is 8.97. The summed E-state index contributed by atoms with van der Waals surface area (Å²) in [6.45, 7) is 7.48. The Morgan fingerprint density at radius 1 is 1.46 bits per heavy atom. The van der Waals surface area contributed by atoms with Gasteiger partial charge in [0.05, 0.1) is 0 Å². The van der Waals surface area contributed by atoms with Gasteiger partial charge in [-0.2, -0.15) is 0 Å². The van der Waals surface area contributed by atoms with E-state index < -0.39 is 0 Å². The number of carbonyl (C=O) groups excluding carboxylic acids is 1. The monoisotopic (exact) mass is 183 g/mol. The van der Waals surface area contributed by atoms with E-state index in [1.165, 1.54) is 0 Å². The van der Waals surface area contributed by atoms with E-state index in [1.807, 2.05) is 0 Å². The van der Waals surface area contributed by atoms with Crippen molar-refractivity contribution in [1.29, 1.82) is 0 Å². The fourth-order valence-electron chi connectivity index (χ4n) is 1.10. The Morgan fingerprint density at radius 3 is 2.62 bits per heavy atom. The molecule has 0 unspecified atom stereocenters. The lowest BCUT2D eigenvalue weighted by atomic mass is 10.1. The standard InChI is InChI=1S/C11H21NO/c1-4-5-11(7-9-13)12-8-6-10(2)3/h7,9-10,12H,4-6,8H2,1-3H3/b11-7-. The minimum absolute atomic E-state index is 0.714. The summed E-state index contributed by atoms with van der Waals surface area (Å²) in [5.41, 5.74) is 1.07.